The maximum absolute atomic E-state index is 14.3. The molecule has 4 fully saturated rings. The van der Waals surface area contributed by atoms with Gasteiger partial charge in [0.2, 0.25) is 11.8 Å². The molecule has 1 saturated carbocycles. The van der Waals surface area contributed by atoms with Gasteiger partial charge < -0.3 is 24.4 Å². The maximum Gasteiger partial charge on any atom is 0.312 e. The molecule has 1 N–H and O–H groups in total. The van der Waals surface area contributed by atoms with Crippen LogP contribution in [-0.4, -0.2) is 82.8 Å². The molecule has 2 unspecified atom stereocenters. The Morgan fingerprint density at radius 1 is 1.14 bits per heavy atom. The third-order valence-electron chi connectivity index (χ3n) is 8.55. The van der Waals surface area contributed by atoms with Gasteiger partial charge in [0.15, 0.2) is 0 Å². The van der Waals surface area contributed by atoms with E-state index < -0.39 is 35.6 Å². The van der Waals surface area contributed by atoms with Crippen LogP contribution in [0.4, 0.5) is 0 Å². The third kappa shape index (κ3) is 4.86. The molecule has 200 valence electrons. The topological polar surface area (TPSA) is 96.4 Å². The third-order valence-corrected chi connectivity index (χ3v) is 8.55. The molecule has 0 radical (unpaired) electrons. The quantitative estimate of drug-likeness (QED) is 0.236. The normalized spacial score (nSPS) is 31.4. The molecule has 4 aliphatic rings. The molecule has 8 heteroatoms. The van der Waals surface area contributed by atoms with Crippen LogP contribution < -0.4 is 0 Å². The van der Waals surface area contributed by atoms with Crippen LogP contribution >= 0.6 is 0 Å². The van der Waals surface area contributed by atoms with E-state index in [0.29, 0.717) is 45.2 Å². The zero-order chi connectivity index (χ0) is 25.7. The number of nitrogens with zero attached hydrogens (tertiary/aromatic N) is 2. The second kappa shape index (κ2) is 11.9. The molecule has 0 aromatic carbocycles. The van der Waals surface area contributed by atoms with Crippen LogP contribution in [0.1, 0.15) is 70.6 Å². The highest BCUT2D eigenvalue weighted by Crippen LogP contribution is 2.59. The molecule has 3 heterocycles. The smallest absolute Gasteiger partial charge is 0.312 e. The molecular formula is C28H42N2O6. The van der Waals surface area contributed by atoms with E-state index in [2.05, 4.69) is 13.2 Å². The van der Waals surface area contributed by atoms with Crippen LogP contribution in [0.3, 0.4) is 0 Å². The van der Waals surface area contributed by atoms with Gasteiger partial charge >= 0.3 is 5.97 Å². The van der Waals surface area contributed by atoms with Gasteiger partial charge in [-0.2, -0.15) is 0 Å². The Kier molecular flexibility index (Phi) is 8.88. The Bertz CT molecular complexity index is 840. The number of hydrogen-bond acceptors (Lipinski definition) is 6. The van der Waals surface area contributed by atoms with Crippen molar-refractivity contribution >= 4 is 17.8 Å². The summed E-state index contributed by atoms with van der Waals surface area (Å²) in [4.78, 5) is 45.0. The second-order valence-electron chi connectivity index (χ2n) is 10.7. The van der Waals surface area contributed by atoms with Crippen molar-refractivity contribution in [1.29, 1.82) is 0 Å². The van der Waals surface area contributed by atoms with Gasteiger partial charge in [0.05, 0.1) is 24.5 Å². The molecule has 36 heavy (non-hydrogen) atoms. The van der Waals surface area contributed by atoms with Gasteiger partial charge in [-0.3, -0.25) is 14.4 Å². The van der Waals surface area contributed by atoms with E-state index >= 15 is 0 Å². The lowest BCUT2D eigenvalue weighted by Gasteiger charge is -2.40. The maximum atomic E-state index is 14.3. The summed E-state index contributed by atoms with van der Waals surface area (Å²) < 4.78 is 12.0. The molecular weight excluding hydrogens is 460 g/mol. The van der Waals surface area contributed by atoms with Crippen LogP contribution in [0, 0.1) is 11.8 Å². The average molecular weight is 503 g/mol. The Labute approximate surface area is 214 Å². The number of aliphatic hydroxyl groups excluding tert-OH is 1. The molecule has 2 bridgehead atoms. The van der Waals surface area contributed by atoms with Gasteiger partial charge in [-0.25, -0.2) is 0 Å². The van der Waals surface area contributed by atoms with Crippen molar-refractivity contribution in [3.05, 3.63) is 25.3 Å². The molecule has 1 aliphatic carbocycles. The summed E-state index contributed by atoms with van der Waals surface area (Å²) in [6, 6.07) is -0.619. The highest BCUT2D eigenvalue weighted by atomic mass is 16.6. The SMILES string of the molecule is C=CCCOC(=O)[C@@H]1[C@H]2C(=O)N(CCCCCO)C(C(=O)N(CC=C)C3CCCCC3)C23CC[C@H]1O3. The number of hydrogen-bond donors (Lipinski definition) is 1. The minimum absolute atomic E-state index is 0.0823. The summed E-state index contributed by atoms with van der Waals surface area (Å²) in [5.74, 6) is -2.05. The van der Waals surface area contributed by atoms with Crippen molar-refractivity contribution in [2.24, 2.45) is 11.8 Å². The van der Waals surface area contributed by atoms with Gasteiger partial charge in [0.1, 0.15) is 11.6 Å². The van der Waals surface area contributed by atoms with E-state index in [0.717, 1.165) is 32.1 Å². The summed E-state index contributed by atoms with van der Waals surface area (Å²) in [7, 11) is 0. The number of rotatable bonds is 13. The molecule has 0 aromatic heterocycles. The van der Waals surface area contributed by atoms with Crippen molar-refractivity contribution in [3.63, 3.8) is 0 Å². The lowest BCUT2D eigenvalue weighted by molar-refractivity contribution is -0.155. The minimum Gasteiger partial charge on any atom is -0.465 e. The molecule has 3 saturated heterocycles. The Morgan fingerprint density at radius 3 is 2.61 bits per heavy atom. The number of esters is 1. The Hall–Kier alpha value is -2.19. The lowest BCUT2D eigenvalue weighted by atomic mass is 9.70. The Balaban J connectivity index is 1.64. The summed E-state index contributed by atoms with van der Waals surface area (Å²) in [5.41, 5.74) is -0.994. The summed E-state index contributed by atoms with van der Waals surface area (Å²) in [6.07, 6.45) is 12.2. The lowest BCUT2D eigenvalue weighted by Crippen LogP contribution is -2.58. The van der Waals surface area contributed by atoms with Crippen LogP contribution in [-0.2, 0) is 23.9 Å². The highest BCUT2D eigenvalue weighted by molar-refractivity contribution is 5.98. The molecule has 3 aliphatic heterocycles. The summed E-state index contributed by atoms with van der Waals surface area (Å²) in [5, 5.41) is 9.20. The number of likely N-dealkylation sites (tertiary alicyclic amines) is 1. The number of ether oxygens (including phenoxy) is 2. The van der Waals surface area contributed by atoms with Gasteiger partial charge in [-0.15, -0.1) is 13.2 Å². The standard InChI is InChI=1S/C28H42N2O6/c1-3-5-19-35-27(34)22-21-14-15-28(36-21)23(22)25(32)30(17-10-7-11-18-31)24(28)26(33)29(16-4-2)20-12-8-6-9-13-20/h3-4,20-24,31H,1-2,5-19H2/t21-,22+,23+,24?,28?/m1/s1. The molecule has 0 aromatic rings. The fourth-order valence-electron chi connectivity index (χ4n) is 6.96. The molecule has 2 amide bonds. The first-order valence-corrected chi connectivity index (χ1v) is 13.8. The van der Waals surface area contributed by atoms with Crippen molar-refractivity contribution in [2.75, 3.05) is 26.3 Å². The van der Waals surface area contributed by atoms with Crippen molar-refractivity contribution < 1.29 is 29.0 Å². The minimum atomic E-state index is -0.994. The zero-order valence-electron chi connectivity index (χ0n) is 21.4. The fraction of sp³-hybridized carbons (Fsp3) is 0.750. The zero-order valence-corrected chi connectivity index (χ0v) is 21.4. The fourth-order valence-corrected chi connectivity index (χ4v) is 6.96. The van der Waals surface area contributed by atoms with Gasteiger partial charge in [0.25, 0.3) is 0 Å². The van der Waals surface area contributed by atoms with Gasteiger partial charge in [0, 0.05) is 25.7 Å². The number of aliphatic hydroxyl groups is 1. The van der Waals surface area contributed by atoms with Gasteiger partial charge in [-0.1, -0.05) is 31.4 Å². The van der Waals surface area contributed by atoms with Crippen LogP contribution in [0.25, 0.3) is 0 Å². The second-order valence-corrected chi connectivity index (χ2v) is 10.7. The number of unbranched alkanes of at least 4 members (excludes halogenated alkanes) is 2. The van der Waals surface area contributed by atoms with Crippen LogP contribution in [0.5, 0.6) is 0 Å². The predicted molar refractivity (Wildman–Crippen MR) is 135 cm³/mol. The number of carbonyl (C=O) groups is 3. The van der Waals surface area contributed by atoms with E-state index in [-0.39, 0.29) is 31.1 Å². The first kappa shape index (κ1) is 26.9. The van der Waals surface area contributed by atoms with Crippen LogP contribution in [0.15, 0.2) is 25.3 Å². The van der Waals surface area contributed by atoms with E-state index in [1.54, 1.807) is 17.1 Å². The van der Waals surface area contributed by atoms with E-state index in [9.17, 15) is 19.5 Å². The number of carbonyl (C=O) groups excluding carboxylic acids is 3. The average Bonchev–Trinajstić information content (AvgIpc) is 3.53. The summed E-state index contributed by atoms with van der Waals surface area (Å²) >= 11 is 0. The van der Waals surface area contributed by atoms with E-state index in [1.165, 1.54) is 6.42 Å². The summed E-state index contributed by atoms with van der Waals surface area (Å²) in [6.45, 7) is 8.73. The van der Waals surface area contributed by atoms with Crippen molar-refractivity contribution in [3.8, 4) is 0 Å². The predicted octanol–water partition coefficient (Wildman–Crippen LogP) is 2.99. The van der Waals surface area contributed by atoms with Crippen LogP contribution in [0.2, 0.25) is 0 Å². The number of amides is 2. The molecule has 8 nitrogen and oxygen atoms in total. The van der Waals surface area contributed by atoms with Gasteiger partial charge in [-0.05, 0) is 51.4 Å². The molecule has 5 atom stereocenters. The van der Waals surface area contributed by atoms with E-state index in [1.807, 2.05) is 4.90 Å². The van der Waals surface area contributed by atoms with Crippen molar-refractivity contribution in [2.45, 2.75) is 94.4 Å². The first-order chi connectivity index (χ1) is 17.5. The molecule has 1 spiro atoms. The largest absolute Gasteiger partial charge is 0.465 e. The monoisotopic (exact) mass is 502 g/mol. The first-order valence-electron chi connectivity index (χ1n) is 13.8. The van der Waals surface area contributed by atoms with Crippen molar-refractivity contribution in [1.82, 2.24) is 9.80 Å². The van der Waals surface area contributed by atoms with E-state index in [4.69, 9.17) is 9.47 Å². The Morgan fingerprint density at radius 2 is 1.92 bits per heavy atom. The number of fused-ring (bicyclic) bond motifs is 1. The highest BCUT2D eigenvalue weighted by Gasteiger charge is 2.75. The molecule has 4 rings (SSSR count).